The van der Waals surface area contributed by atoms with Crippen LogP contribution in [0.4, 0.5) is 0 Å². The molecule has 4 nitrogen and oxygen atoms in total. The van der Waals surface area contributed by atoms with Crippen molar-refractivity contribution in [3.63, 3.8) is 0 Å². The van der Waals surface area contributed by atoms with Gasteiger partial charge in [-0.2, -0.15) is 4.31 Å². The van der Waals surface area contributed by atoms with E-state index in [-0.39, 0.29) is 0 Å². The van der Waals surface area contributed by atoms with Crippen LogP contribution in [0.3, 0.4) is 0 Å². The van der Waals surface area contributed by atoms with E-state index in [1.54, 1.807) is 4.31 Å². The zero-order chi connectivity index (χ0) is 15.5. The lowest BCUT2D eigenvalue weighted by Crippen LogP contribution is -2.31. The summed E-state index contributed by atoms with van der Waals surface area (Å²) in [7, 11) is -3.31. The first-order chi connectivity index (χ1) is 9.95. The van der Waals surface area contributed by atoms with Gasteiger partial charge in [-0.05, 0) is 50.3 Å². The SMILES string of the molecule is CCNCc1sc(S(=O)(=O)N2CCCC(C)CC2)cc1C. The van der Waals surface area contributed by atoms with Crippen LogP contribution in [-0.4, -0.2) is 32.4 Å². The lowest BCUT2D eigenvalue weighted by molar-refractivity contribution is 0.418. The van der Waals surface area contributed by atoms with Crippen LogP contribution in [-0.2, 0) is 16.6 Å². The monoisotopic (exact) mass is 330 g/mol. The summed E-state index contributed by atoms with van der Waals surface area (Å²) < 4.78 is 27.8. The maximum Gasteiger partial charge on any atom is 0.252 e. The standard InChI is InChI=1S/C15H26N2O2S2/c1-4-16-11-14-13(3)10-15(20-14)21(18,19)17-8-5-6-12(2)7-9-17/h10,12,16H,4-9,11H2,1-3H3. The lowest BCUT2D eigenvalue weighted by atomic mass is 10.0. The van der Waals surface area contributed by atoms with Gasteiger partial charge >= 0.3 is 0 Å². The molecule has 1 aliphatic rings. The highest BCUT2D eigenvalue weighted by Gasteiger charge is 2.28. The van der Waals surface area contributed by atoms with Crippen molar-refractivity contribution < 1.29 is 8.42 Å². The molecule has 0 aliphatic carbocycles. The summed E-state index contributed by atoms with van der Waals surface area (Å²) in [5.41, 5.74) is 1.07. The second-order valence-electron chi connectivity index (χ2n) is 5.89. The van der Waals surface area contributed by atoms with Crippen molar-refractivity contribution >= 4 is 21.4 Å². The molecule has 2 heterocycles. The number of aryl methyl sites for hydroxylation is 1. The molecule has 1 saturated heterocycles. The molecule has 1 N–H and O–H groups in total. The summed E-state index contributed by atoms with van der Waals surface area (Å²) in [5.74, 6) is 0.625. The van der Waals surface area contributed by atoms with Gasteiger partial charge in [-0.15, -0.1) is 11.3 Å². The van der Waals surface area contributed by atoms with E-state index in [0.29, 0.717) is 23.2 Å². The largest absolute Gasteiger partial charge is 0.312 e. The average molecular weight is 331 g/mol. The first kappa shape index (κ1) is 16.9. The number of nitrogens with zero attached hydrogens (tertiary/aromatic N) is 1. The van der Waals surface area contributed by atoms with Gasteiger partial charge in [0.2, 0.25) is 0 Å². The highest BCUT2D eigenvalue weighted by Crippen LogP contribution is 2.30. The molecule has 0 spiro atoms. The molecule has 0 aromatic carbocycles. The molecule has 1 aromatic rings. The molecular weight excluding hydrogens is 304 g/mol. The van der Waals surface area contributed by atoms with E-state index in [1.165, 1.54) is 11.3 Å². The minimum atomic E-state index is -3.31. The summed E-state index contributed by atoms with van der Waals surface area (Å²) in [6, 6.07) is 1.83. The van der Waals surface area contributed by atoms with Gasteiger partial charge in [0, 0.05) is 24.5 Å². The third-order valence-corrected chi connectivity index (χ3v) is 7.69. The van der Waals surface area contributed by atoms with Crippen molar-refractivity contribution in [2.45, 2.75) is 50.8 Å². The molecule has 1 unspecified atom stereocenters. The van der Waals surface area contributed by atoms with Gasteiger partial charge in [0.15, 0.2) is 0 Å². The van der Waals surface area contributed by atoms with Crippen LogP contribution in [0.25, 0.3) is 0 Å². The minimum absolute atomic E-state index is 0.502. The Bertz CT molecular complexity index is 566. The fourth-order valence-electron chi connectivity index (χ4n) is 2.63. The quantitative estimate of drug-likeness (QED) is 0.903. The van der Waals surface area contributed by atoms with E-state index in [0.717, 1.165) is 42.8 Å². The van der Waals surface area contributed by atoms with E-state index in [9.17, 15) is 8.42 Å². The predicted octanol–water partition coefficient (Wildman–Crippen LogP) is 2.98. The van der Waals surface area contributed by atoms with Crippen molar-refractivity contribution in [1.29, 1.82) is 0 Å². The van der Waals surface area contributed by atoms with Gasteiger partial charge < -0.3 is 5.32 Å². The van der Waals surface area contributed by atoms with Crippen LogP contribution in [0.1, 0.15) is 43.6 Å². The summed E-state index contributed by atoms with van der Waals surface area (Å²) in [5, 5.41) is 3.27. The molecule has 6 heteroatoms. The highest BCUT2D eigenvalue weighted by atomic mass is 32.2. The van der Waals surface area contributed by atoms with E-state index in [1.807, 2.05) is 13.0 Å². The van der Waals surface area contributed by atoms with Gasteiger partial charge in [-0.1, -0.05) is 13.8 Å². The molecule has 1 aromatic heterocycles. The van der Waals surface area contributed by atoms with Crippen molar-refractivity contribution in [2.24, 2.45) is 5.92 Å². The van der Waals surface area contributed by atoms with E-state index in [2.05, 4.69) is 19.2 Å². The molecule has 1 atom stereocenters. The van der Waals surface area contributed by atoms with Crippen LogP contribution >= 0.6 is 11.3 Å². The minimum Gasteiger partial charge on any atom is -0.312 e. The maximum atomic E-state index is 12.8. The van der Waals surface area contributed by atoms with E-state index >= 15 is 0 Å². The van der Waals surface area contributed by atoms with Crippen molar-refractivity contribution in [2.75, 3.05) is 19.6 Å². The van der Waals surface area contributed by atoms with Gasteiger partial charge in [0.05, 0.1) is 0 Å². The summed E-state index contributed by atoms with van der Waals surface area (Å²) >= 11 is 1.42. The Morgan fingerprint density at radius 1 is 1.38 bits per heavy atom. The third-order valence-electron chi connectivity index (χ3n) is 4.10. The Morgan fingerprint density at radius 2 is 2.14 bits per heavy atom. The van der Waals surface area contributed by atoms with E-state index < -0.39 is 10.0 Å². The Balaban J connectivity index is 2.18. The number of nitrogens with one attached hydrogen (secondary N) is 1. The third kappa shape index (κ3) is 4.06. The molecule has 0 saturated carbocycles. The zero-order valence-electron chi connectivity index (χ0n) is 13.2. The van der Waals surface area contributed by atoms with Crippen LogP contribution in [0, 0.1) is 12.8 Å². The Kier molecular flexibility index (Phi) is 5.82. The molecule has 120 valence electrons. The van der Waals surface area contributed by atoms with Crippen LogP contribution < -0.4 is 5.32 Å². The first-order valence-electron chi connectivity index (χ1n) is 7.75. The van der Waals surface area contributed by atoms with E-state index in [4.69, 9.17) is 0 Å². The molecule has 21 heavy (non-hydrogen) atoms. The Labute approximate surface area is 132 Å². The van der Waals surface area contributed by atoms with Gasteiger partial charge in [-0.3, -0.25) is 0 Å². The van der Waals surface area contributed by atoms with Crippen molar-refractivity contribution in [1.82, 2.24) is 9.62 Å². The molecule has 1 fully saturated rings. The van der Waals surface area contributed by atoms with Crippen LogP contribution in [0.5, 0.6) is 0 Å². The second-order valence-corrected chi connectivity index (χ2v) is 9.19. The number of thiophene rings is 1. The summed E-state index contributed by atoms with van der Waals surface area (Å²) in [4.78, 5) is 1.12. The number of hydrogen-bond acceptors (Lipinski definition) is 4. The normalized spacial score (nSPS) is 21.4. The molecule has 1 aliphatic heterocycles. The molecule has 0 bridgehead atoms. The molecule has 2 rings (SSSR count). The maximum absolute atomic E-state index is 12.8. The van der Waals surface area contributed by atoms with Gasteiger partial charge in [0.25, 0.3) is 10.0 Å². The first-order valence-corrected chi connectivity index (χ1v) is 10.0. The van der Waals surface area contributed by atoms with Crippen LogP contribution in [0.15, 0.2) is 10.3 Å². The molecule has 0 radical (unpaired) electrons. The number of hydrogen-bond donors (Lipinski definition) is 1. The van der Waals surface area contributed by atoms with Crippen molar-refractivity contribution in [3.05, 3.63) is 16.5 Å². The topological polar surface area (TPSA) is 49.4 Å². The molecule has 0 amide bonds. The summed E-state index contributed by atoms with van der Waals surface area (Å²) in [6.45, 7) is 9.21. The molecular formula is C15H26N2O2S2. The Hall–Kier alpha value is -0.430. The summed E-state index contributed by atoms with van der Waals surface area (Å²) in [6.07, 6.45) is 3.06. The number of rotatable bonds is 5. The fourth-order valence-corrected chi connectivity index (χ4v) is 5.84. The predicted molar refractivity (Wildman–Crippen MR) is 88.2 cm³/mol. The number of sulfonamides is 1. The fraction of sp³-hybridized carbons (Fsp3) is 0.733. The van der Waals surface area contributed by atoms with Gasteiger partial charge in [-0.25, -0.2) is 8.42 Å². The lowest BCUT2D eigenvalue weighted by Gasteiger charge is -2.18. The smallest absolute Gasteiger partial charge is 0.252 e. The van der Waals surface area contributed by atoms with Crippen molar-refractivity contribution in [3.8, 4) is 0 Å². The highest BCUT2D eigenvalue weighted by molar-refractivity contribution is 7.91. The van der Waals surface area contributed by atoms with Gasteiger partial charge in [0.1, 0.15) is 4.21 Å². The Morgan fingerprint density at radius 3 is 2.86 bits per heavy atom. The van der Waals surface area contributed by atoms with Crippen LogP contribution in [0.2, 0.25) is 0 Å². The zero-order valence-corrected chi connectivity index (χ0v) is 14.8. The second kappa shape index (κ2) is 7.22. The average Bonchev–Trinajstić information content (AvgIpc) is 2.66.